The van der Waals surface area contributed by atoms with Gasteiger partial charge in [0.2, 0.25) is 0 Å². The Labute approximate surface area is 79.4 Å². The standard InChI is InChI=1S/C10H18O3/c1-7(2)9(4)10(12)13-8(3)5-6-11/h8,11H,5-6H2,1-4H3. The number of aliphatic hydroxyl groups excluding tert-OH is 1. The molecule has 0 radical (unpaired) electrons. The molecule has 0 fully saturated rings. The number of esters is 1. The number of hydrogen-bond donors (Lipinski definition) is 1. The van der Waals surface area contributed by atoms with Gasteiger partial charge in [0.15, 0.2) is 0 Å². The van der Waals surface area contributed by atoms with Crippen LogP contribution in [0.5, 0.6) is 0 Å². The molecule has 0 spiro atoms. The van der Waals surface area contributed by atoms with E-state index in [1.807, 2.05) is 13.8 Å². The highest BCUT2D eigenvalue weighted by atomic mass is 16.5. The van der Waals surface area contributed by atoms with Gasteiger partial charge in [0.25, 0.3) is 0 Å². The summed E-state index contributed by atoms with van der Waals surface area (Å²) in [4.78, 5) is 11.3. The predicted molar refractivity (Wildman–Crippen MR) is 51.3 cm³/mol. The SMILES string of the molecule is CC(C)=C(C)C(=O)OC(C)CCO. The van der Waals surface area contributed by atoms with Gasteiger partial charge in [-0.1, -0.05) is 5.57 Å². The summed E-state index contributed by atoms with van der Waals surface area (Å²) in [5.41, 5.74) is 1.60. The number of ether oxygens (including phenoxy) is 1. The molecule has 1 unspecified atom stereocenters. The lowest BCUT2D eigenvalue weighted by Crippen LogP contribution is -2.17. The molecular formula is C10H18O3. The van der Waals surface area contributed by atoms with Gasteiger partial charge in [-0.05, 0) is 27.7 Å². The fourth-order valence-electron chi connectivity index (χ4n) is 0.716. The number of hydrogen-bond acceptors (Lipinski definition) is 3. The topological polar surface area (TPSA) is 46.5 Å². The van der Waals surface area contributed by atoms with Crippen molar-refractivity contribution in [3.63, 3.8) is 0 Å². The van der Waals surface area contributed by atoms with Crippen molar-refractivity contribution >= 4 is 5.97 Å². The Balaban J connectivity index is 4.09. The van der Waals surface area contributed by atoms with Gasteiger partial charge in [-0.3, -0.25) is 0 Å². The van der Waals surface area contributed by atoms with Crippen molar-refractivity contribution in [1.82, 2.24) is 0 Å². The zero-order valence-electron chi connectivity index (χ0n) is 8.76. The van der Waals surface area contributed by atoms with Crippen LogP contribution in [0.3, 0.4) is 0 Å². The number of carbonyl (C=O) groups excluding carboxylic acids is 1. The number of carbonyl (C=O) groups is 1. The summed E-state index contributed by atoms with van der Waals surface area (Å²) in [5.74, 6) is -0.291. The van der Waals surface area contributed by atoms with Crippen LogP contribution in [0.15, 0.2) is 11.1 Å². The molecule has 0 aliphatic carbocycles. The average Bonchev–Trinajstić information content (AvgIpc) is 2.03. The highest BCUT2D eigenvalue weighted by molar-refractivity contribution is 5.88. The Bertz CT molecular complexity index is 202. The second-order valence-electron chi connectivity index (χ2n) is 3.35. The molecule has 76 valence electrons. The monoisotopic (exact) mass is 186 g/mol. The number of rotatable bonds is 4. The third-order valence-electron chi connectivity index (χ3n) is 1.90. The van der Waals surface area contributed by atoms with E-state index in [9.17, 15) is 4.79 Å². The highest BCUT2D eigenvalue weighted by Crippen LogP contribution is 2.07. The van der Waals surface area contributed by atoms with Crippen molar-refractivity contribution in [3.8, 4) is 0 Å². The summed E-state index contributed by atoms with van der Waals surface area (Å²) >= 11 is 0. The van der Waals surface area contributed by atoms with E-state index in [-0.39, 0.29) is 18.7 Å². The van der Waals surface area contributed by atoms with E-state index < -0.39 is 0 Å². The van der Waals surface area contributed by atoms with E-state index in [2.05, 4.69) is 0 Å². The summed E-state index contributed by atoms with van der Waals surface area (Å²) < 4.78 is 5.06. The molecular weight excluding hydrogens is 168 g/mol. The Kier molecular flexibility index (Phi) is 5.39. The minimum Gasteiger partial charge on any atom is -0.459 e. The molecule has 1 N–H and O–H groups in total. The third-order valence-corrected chi connectivity index (χ3v) is 1.90. The predicted octanol–water partition coefficient (Wildman–Crippen LogP) is 1.66. The molecule has 0 heterocycles. The van der Waals surface area contributed by atoms with Gasteiger partial charge < -0.3 is 9.84 Å². The van der Waals surface area contributed by atoms with Crippen molar-refractivity contribution in [3.05, 3.63) is 11.1 Å². The second kappa shape index (κ2) is 5.75. The Morgan fingerprint density at radius 2 is 1.92 bits per heavy atom. The van der Waals surface area contributed by atoms with Crippen molar-refractivity contribution < 1.29 is 14.6 Å². The van der Waals surface area contributed by atoms with Crippen LogP contribution in [-0.2, 0) is 9.53 Å². The van der Waals surface area contributed by atoms with Crippen LogP contribution in [0, 0.1) is 0 Å². The molecule has 1 atom stereocenters. The minimum atomic E-state index is -0.291. The summed E-state index contributed by atoms with van der Waals surface area (Å²) in [6.07, 6.45) is 0.272. The average molecular weight is 186 g/mol. The van der Waals surface area contributed by atoms with Gasteiger partial charge in [0, 0.05) is 18.6 Å². The summed E-state index contributed by atoms with van der Waals surface area (Å²) in [7, 11) is 0. The van der Waals surface area contributed by atoms with Crippen LogP contribution in [0.1, 0.15) is 34.1 Å². The van der Waals surface area contributed by atoms with Crippen LogP contribution in [0.2, 0.25) is 0 Å². The Morgan fingerprint density at radius 3 is 2.31 bits per heavy atom. The maximum atomic E-state index is 11.3. The lowest BCUT2D eigenvalue weighted by molar-refractivity contribution is -0.144. The van der Waals surface area contributed by atoms with E-state index in [0.717, 1.165) is 5.57 Å². The fraction of sp³-hybridized carbons (Fsp3) is 0.700. The van der Waals surface area contributed by atoms with Crippen LogP contribution in [0.4, 0.5) is 0 Å². The molecule has 0 bridgehead atoms. The second-order valence-corrected chi connectivity index (χ2v) is 3.35. The van der Waals surface area contributed by atoms with E-state index in [1.54, 1.807) is 13.8 Å². The molecule has 0 aromatic heterocycles. The van der Waals surface area contributed by atoms with Crippen LogP contribution in [-0.4, -0.2) is 23.8 Å². The van der Waals surface area contributed by atoms with Crippen LogP contribution in [0.25, 0.3) is 0 Å². The van der Waals surface area contributed by atoms with E-state index in [0.29, 0.717) is 12.0 Å². The lowest BCUT2D eigenvalue weighted by Gasteiger charge is -2.12. The zero-order valence-corrected chi connectivity index (χ0v) is 8.76. The molecule has 0 aromatic carbocycles. The fourth-order valence-corrected chi connectivity index (χ4v) is 0.716. The zero-order chi connectivity index (χ0) is 10.4. The quantitative estimate of drug-likeness (QED) is 0.536. The molecule has 0 aliphatic rings. The van der Waals surface area contributed by atoms with Crippen LogP contribution >= 0.6 is 0 Å². The number of aliphatic hydroxyl groups is 1. The molecule has 0 amide bonds. The molecule has 3 nitrogen and oxygen atoms in total. The van der Waals surface area contributed by atoms with Crippen molar-refractivity contribution in [1.29, 1.82) is 0 Å². The molecule has 13 heavy (non-hydrogen) atoms. The molecule has 0 aromatic rings. The Morgan fingerprint density at radius 1 is 1.38 bits per heavy atom. The van der Waals surface area contributed by atoms with Gasteiger partial charge in [-0.2, -0.15) is 0 Å². The molecule has 3 heteroatoms. The number of allylic oxidation sites excluding steroid dienone is 1. The lowest BCUT2D eigenvalue weighted by atomic mass is 10.2. The summed E-state index contributed by atoms with van der Waals surface area (Å²) in [6.45, 7) is 7.29. The first-order valence-corrected chi connectivity index (χ1v) is 4.45. The van der Waals surface area contributed by atoms with E-state index >= 15 is 0 Å². The van der Waals surface area contributed by atoms with Gasteiger partial charge in [0.1, 0.15) is 6.10 Å². The largest absolute Gasteiger partial charge is 0.459 e. The van der Waals surface area contributed by atoms with Crippen LogP contribution < -0.4 is 0 Å². The van der Waals surface area contributed by atoms with Crippen molar-refractivity contribution in [2.24, 2.45) is 0 Å². The normalized spacial score (nSPS) is 12.1. The van der Waals surface area contributed by atoms with E-state index in [4.69, 9.17) is 9.84 Å². The summed E-state index contributed by atoms with van der Waals surface area (Å²) in [5, 5.41) is 8.59. The maximum Gasteiger partial charge on any atom is 0.333 e. The third kappa shape index (κ3) is 4.68. The minimum absolute atomic E-state index is 0.0440. The molecule has 0 rings (SSSR count). The smallest absolute Gasteiger partial charge is 0.333 e. The van der Waals surface area contributed by atoms with Gasteiger partial charge >= 0.3 is 5.97 Å². The Hall–Kier alpha value is -0.830. The molecule has 0 saturated carbocycles. The first-order chi connectivity index (χ1) is 5.99. The first kappa shape index (κ1) is 12.2. The van der Waals surface area contributed by atoms with Crippen molar-refractivity contribution in [2.75, 3.05) is 6.61 Å². The maximum absolute atomic E-state index is 11.3. The first-order valence-electron chi connectivity index (χ1n) is 4.45. The van der Waals surface area contributed by atoms with E-state index in [1.165, 1.54) is 0 Å². The molecule has 0 aliphatic heterocycles. The van der Waals surface area contributed by atoms with Crippen molar-refractivity contribution in [2.45, 2.75) is 40.2 Å². The summed E-state index contributed by atoms with van der Waals surface area (Å²) in [6, 6.07) is 0. The molecule has 0 saturated heterocycles. The van der Waals surface area contributed by atoms with Gasteiger partial charge in [-0.15, -0.1) is 0 Å². The highest BCUT2D eigenvalue weighted by Gasteiger charge is 2.11. The van der Waals surface area contributed by atoms with Gasteiger partial charge in [-0.25, -0.2) is 4.79 Å². The van der Waals surface area contributed by atoms with Gasteiger partial charge in [0.05, 0.1) is 0 Å².